The summed E-state index contributed by atoms with van der Waals surface area (Å²) in [7, 11) is 0. The molecule has 0 spiro atoms. The third-order valence-corrected chi connectivity index (χ3v) is 5.43. The molecule has 1 aromatic carbocycles. The van der Waals surface area contributed by atoms with E-state index in [4.69, 9.17) is 4.74 Å². The van der Waals surface area contributed by atoms with Crippen LogP contribution in [0.3, 0.4) is 0 Å². The topological polar surface area (TPSA) is 90.2 Å². The summed E-state index contributed by atoms with van der Waals surface area (Å²) in [5.41, 5.74) is 3.29. The number of aliphatic hydroxyl groups is 4. The van der Waals surface area contributed by atoms with E-state index in [1.165, 1.54) is 11.1 Å². The second kappa shape index (κ2) is 10.9. The molecule has 1 aliphatic heterocycles. The number of aryl methyl sites for hydroxylation is 1. The van der Waals surface area contributed by atoms with E-state index in [9.17, 15) is 20.4 Å². The van der Waals surface area contributed by atoms with E-state index >= 15 is 0 Å². The Balaban J connectivity index is 2.20. The van der Waals surface area contributed by atoms with Gasteiger partial charge in [-0.25, -0.2) is 0 Å². The third kappa shape index (κ3) is 5.52. The number of benzene rings is 1. The van der Waals surface area contributed by atoms with Crippen molar-refractivity contribution in [3.63, 3.8) is 0 Å². The number of hydrogen-bond donors (Lipinski definition) is 4. The van der Waals surface area contributed by atoms with Gasteiger partial charge in [-0.05, 0) is 41.9 Å². The molecule has 28 heavy (non-hydrogen) atoms. The Labute approximate surface area is 168 Å². The molecule has 0 radical (unpaired) electrons. The zero-order valence-electron chi connectivity index (χ0n) is 17.0. The highest BCUT2D eigenvalue weighted by Gasteiger charge is 2.44. The van der Waals surface area contributed by atoms with Crippen molar-refractivity contribution in [3.05, 3.63) is 59.2 Å². The summed E-state index contributed by atoms with van der Waals surface area (Å²) in [4.78, 5) is 0. The van der Waals surface area contributed by atoms with Gasteiger partial charge >= 0.3 is 0 Å². The molecule has 1 aliphatic rings. The smallest absolute Gasteiger partial charge is 0.113 e. The van der Waals surface area contributed by atoms with E-state index in [0.29, 0.717) is 0 Å². The first-order valence-electron chi connectivity index (χ1n) is 10.2. The lowest BCUT2D eigenvalue weighted by molar-refractivity contribution is -0.218. The van der Waals surface area contributed by atoms with E-state index in [1.807, 2.05) is 25.2 Å². The Morgan fingerprint density at radius 1 is 1.07 bits per heavy atom. The van der Waals surface area contributed by atoms with Crippen molar-refractivity contribution in [2.45, 2.75) is 76.5 Å². The number of ether oxygens (including phenoxy) is 1. The highest BCUT2D eigenvalue weighted by Crippen LogP contribution is 2.28. The average Bonchev–Trinajstić information content (AvgIpc) is 2.72. The van der Waals surface area contributed by atoms with Crippen LogP contribution in [0.25, 0.3) is 0 Å². The first-order chi connectivity index (χ1) is 13.4. The Bertz CT molecular complexity index is 649. The largest absolute Gasteiger partial charge is 0.394 e. The standard InChI is InChI=1S/C23H34O5/c1-4-6-7-18(23-22(27)21(26)20(25)19(14-24)28-23)11-8-15(3)17-12-9-16(5-2)10-13-17/h6-7,9-13,15,19-27H,4-5,8,14H2,1-3H3. The van der Waals surface area contributed by atoms with Gasteiger partial charge in [0, 0.05) is 0 Å². The Morgan fingerprint density at radius 2 is 1.75 bits per heavy atom. The van der Waals surface area contributed by atoms with E-state index in [2.05, 4.69) is 38.1 Å². The van der Waals surface area contributed by atoms with E-state index in [0.717, 1.165) is 24.8 Å². The van der Waals surface area contributed by atoms with Crippen LogP contribution in [0.1, 0.15) is 50.7 Å². The van der Waals surface area contributed by atoms with Crippen molar-refractivity contribution in [2.24, 2.45) is 0 Å². The van der Waals surface area contributed by atoms with Crippen molar-refractivity contribution in [1.29, 1.82) is 0 Å². The predicted molar refractivity (Wildman–Crippen MR) is 110 cm³/mol. The van der Waals surface area contributed by atoms with Crippen LogP contribution in [-0.4, -0.2) is 57.6 Å². The molecule has 0 saturated carbocycles. The van der Waals surface area contributed by atoms with Crippen LogP contribution in [0.5, 0.6) is 0 Å². The summed E-state index contributed by atoms with van der Waals surface area (Å²) in [5, 5.41) is 40.0. The normalized spacial score (nSPS) is 30.0. The molecule has 1 fully saturated rings. The fraction of sp³-hybridized carbons (Fsp3) is 0.565. The lowest BCUT2D eigenvalue weighted by Crippen LogP contribution is -2.58. The van der Waals surface area contributed by atoms with Gasteiger partial charge in [0.25, 0.3) is 0 Å². The second-order valence-electron chi connectivity index (χ2n) is 7.50. The lowest BCUT2D eigenvalue weighted by Gasteiger charge is -2.40. The van der Waals surface area contributed by atoms with Gasteiger partial charge < -0.3 is 25.2 Å². The van der Waals surface area contributed by atoms with Gasteiger partial charge in [0.15, 0.2) is 0 Å². The maximum Gasteiger partial charge on any atom is 0.113 e. The number of hydrogen-bond acceptors (Lipinski definition) is 5. The minimum atomic E-state index is -1.37. The van der Waals surface area contributed by atoms with Gasteiger partial charge in [-0.3, -0.25) is 0 Å². The summed E-state index contributed by atoms with van der Waals surface area (Å²) < 4.78 is 5.73. The van der Waals surface area contributed by atoms with Crippen LogP contribution in [0.2, 0.25) is 0 Å². The Hall–Kier alpha value is -1.50. The van der Waals surface area contributed by atoms with Crippen molar-refractivity contribution in [2.75, 3.05) is 6.61 Å². The zero-order valence-corrected chi connectivity index (χ0v) is 17.0. The average molecular weight is 391 g/mol. The van der Waals surface area contributed by atoms with Gasteiger partial charge in [0.2, 0.25) is 0 Å². The van der Waals surface area contributed by atoms with E-state index in [-0.39, 0.29) is 5.92 Å². The summed E-state index contributed by atoms with van der Waals surface area (Å²) in [5.74, 6) is 0.279. The van der Waals surface area contributed by atoms with Crippen LogP contribution in [0.4, 0.5) is 0 Å². The molecule has 4 N–H and O–H groups in total. The van der Waals surface area contributed by atoms with Crippen molar-refractivity contribution >= 4 is 0 Å². The van der Waals surface area contributed by atoms with Crippen LogP contribution in [-0.2, 0) is 11.2 Å². The van der Waals surface area contributed by atoms with Crippen LogP contribution in [0, 0.1) is 0 Å². The molecule has 156 valence electrons. The molecule has 6 unspecified atom stereocenters. The highest BCUT2D eigenvalue weighted by molar-refractivity contribution is 5.29. The minimum Gasteiger partial charge on any atom is -0.394 e. The lowest BCUT2D eigenvalue weighted by atomic mass is 9.89. The first kappa shape index (κ1) is 22.8. The molecule has 1 saturated heterocycles. The molecular formula is C23H34O5. The zero-order chi connectivity index (χ0) is 20.7. The number of rotatable bonds is 8. The Kier molecular flexibility index (Phi) is 8.86. The SMILES string of the molecule is CCC=CC(=CCC(C)c1ccc(CC)cc1)C1OC(CO)C(O)C(O)C1O. The third-order valence-electron chi connectivity index (χ3n) is 5.43. The first-order valence-corrected chi connectivity index (χ1v) is 10.2. The van der Waals surface area contributed by atoms with Crippen LogP contribution < -0.4 is 0 Å². The molecule has 0 amide bonds. The van der Waals surface area contributed by atoms with Crippen LogP contribution in [0.15, 0.2) is 48.1 Å². The molecular weight excluding hydrogens is 356 g/mol. The monoisotopic (exact) mass is 390 g/mol. The van der Waals surface area contributed by atoms with Crippen molar-refractivity contribution in [1.82, 2.24) is 0 Å². The summed E-state index contributed by atoms with van der Waals surface area (Å²) >= 11 is 0. The van der Waals surface area contributed by atoms with Gasteiger partial charge in [-0.2, -0.15) is 0 Å². The van der Waals surface area contributed by atoms with Gasteiger partial charge in [0.1, 0.15) is 30.5 Å². The molecule has 0 aromatic heterocycles. The summed E-state index contributed by atoms with van der Waals surface area (Å²) in [6.45, 7) is 5.87. The van der Waals surface area contributed by atoms with Crippen molar-refractivity contribution in [3.8, 4) is 0 Å². The minimum absolute atomic E-state index is 0.279. The molecule has 6 atom stereocenters. The Morgan fingerprint density at radius 3 is 2.32 bits per heavy atom. The fourth-order valence-corrected chi connectivity index (χ4v) is 3.44. The maximum absolute atomic E-state index is 10.4. The molecule has 5 nitrogen and oxygen atoms in total. The second-order valence-corrected chi connectivity index (χ2v) is 7.50. The van der Waals surface area contributed by atoms with Gasteiger partial charge in [-0.15, -0.1) is 0 Å². The van der Waals surface area contributed by atoms with E-state index in [1.54, 1.807) is 0 Å². The van der Waals surface area contributed by atoms with Crippen molar-refractivity contribution < 1.29 is 25.2 Å². The van der Waals surface area contributed by atoms with Gasteiger partial charge in [0.05, 0.1) is 6.61 Å². The number of allylic oxidation sites excluding steroid dienone is 2. The molecule has 2 rings (SSSR count). The van der Waals surface area contributed by atoms with E-state index < -0.39 is 37.1 Å². The predicted octanol–water partition coefficient (Wildman–Crippen LogP) is 2.48. The molecule has 5 heteroatoms. The molecule has 1 aromatic rings. The quantitative estimate of drug-likeness (QED) is 0.512. The highest BCUT2D eigenvalue weighted by atomic mass is 16.5. The summed E-state index contributed by atoms with van der Waals surface area (Å²) in [6.07, 6.45) is 2.77. The van der Waals surface area contributed by atoms with Gasteiger partial charge in [-0.1, -0.05) is 63.3 Å². The fourth-order valence-electron chi connectivity index (χ4n) is 3.44. The maximum atomic E-state index is 10.4. The van der Waals surface area contributed by atoms with Crippen LogP contribution >= 0.6 is 0 Å². The summed E-state index contributed by atoms with van der Waals surface area (Å²) in [6, 6.07) is 8.58. The molecule has 1 heterocycles. The number of aliphatic hydroxyl groups excluding tert-OH is 4. The molecule has 0 aliphatic carbocycles. The molecule has 0 bridgehead atoms.